The summed E-state index contributed by atoms with van der Waals surface area (Å²) < 4.78 is 18.8. The van der Waals surface area contributed by atoms with Crippen LogP contribution in [-0.2, 0) is 13.1 Å². The van der Waals surface area contributed by atoms with Crippen molar-refractivity contribution in [3.63, 3.8) is 0 Å². The molecule has 37 heavy (non-hydrogen) atoms. The quantitative estimate of drug-likeness (QED) is 0.533. The Balaban J connectivity index is 1.29. The fourth-order valence-corrected chi connectivity index (χ4v) is 5.89. The molecule has 2 bridgehead atoms. The van der Waals surface area contributed by atoms with Crippen molar-refractivity contribution in [1.29, 1.82) is 0 Å². The van der Waals surface area contributed by atoms with Crippen LogP contribution < -0.4 is 19.8 Å². The van der Waals surface area contributed by atoms with Crippen LogP contribution in [0, 0.1) is 5.92 Å². The van der Waals surface area contributed by atoms with Crippen molar-refractivity contribution >= 4 is 11.9 Å². The summed E-state index contributed by atoms with van der Waals surface area (Å²) in [6.07, 6.45) is 2.69. The second-order valence-corrected chi connectivity index (χ2v) is 9.88. The number of allylic oxidation sites excluding steroid dienone is 1. The van der Waals surface area contributed by atoms with Gasteiger partial charge in [0.2, 0.25) is 5.78 Å². The molecule has 8 nitrogen and oxygen atoms in total. The van der Waals surface area contributed by atoms with Crippen molar-refractivity contribution in [2.45, 2.75) is 25.4 Å². The van der Waals surface area contributed by atoms with Gasteiger partial charge >= 0.3 is 0 Å². The summed E-state index contributed by atoms with van der Waals surface area (Å²) in [7, 11) is 3.14. The maximum absolute atomic E-state index is 13.2. The van der Waals surface area contributed by atoms with Gasteiger partial charge in [0, 0.05) is 49.4 Å². The van der Waals surface area contributed by atoms with Crippen LogP contribution in [0.5, 0.6) is 23.0 Å². The first kappa shape index (κ1) is 23.4. The highest BCUT2D eigenvalue weighted by Gasteiger charge is 2.37. The Labute approximate surface area is 214 Å². The Morgan fingerprint density at radius 1 is 1.05 bits per heavy atom. The van der Waals surface area contributed by atoms with Gasteiger partial charge < -0.3 is 23.9 Å². The van der Waals surface area contributed by atoms with Gasteiger partial charge in [-0.1, -0.05) is 6.07 Å². The predicted molar refractivity (Wildman–Crippen MR) is 137 cm³/mol. The zero-order valence-corrected chi connectivity index (χ0v) is 20.8. The SMILES string of the molecule is COc1ccc(OC)c(/C=C2/Oc3c(ccc(O)c3CN3C[C@@H]4C[C@H](C3)c3cccc(=O)n3C4)C2=O)c1. The Bertz CT molecular complexity index is 1490. The highest BCUT2D eigenvalue weighted by atomic mass is 16.5. The minimum absolute atomic E-state index is 0.0538. The van der Waals surface area contributed by atoms with Crippen molar-refractivity contribution in [2.75, 3.05) is 27.3 Å². The lowest BCUT2D eigenvalue weighted by molar-refractivity contribution is 0.101. The number of nitrogens with zero attached hydrogens (tertiary/aromatic N) is 2. The van der Waals surface area contributed by atoms with E-state index >= 15 is 0 Å². The third kappa shape index (κ3) is 4.07. The van der Waals surface area contributed by atoms with E-state index in [1.807, 2.05) is 16.7 Å². The molecule has 8 heteroatoms. The lowest BCUT2D eigenvalue weighted by Gasteiger charge is -2.42. The summed E-state index contributed by atoms with van der Waals surface area (Å²) in [6, 6.07) is 14.0. The van der Waals surface area contributed by atoms with Crippen LogP contribution in [0.25, 0.3) is 6.08 Å². The molecule has 0 aliphatic carbocycles. The average molecular weight is 501 g/mol. The third-order valence-electron chi connectivity index (χ3n) is 7.58. The fraction of sp³-hybridized carbons (Fsp3) is 0.310. The number of Topliss-reactive ketones (excluding diaryl/α,β-unsaturated/α-hetero) is 1. The summed E-state index contributed by atoms with van der Waals surface area (Å²) in [5.41, 5.74) is 2.80. The molecule has 2 atom stereocenters. The first-order valence-corrected chi connectivity index (χ1v) is 12.4. The molecule has 3 aromatic rings. The van der Waals surface area contributed by atoms with E-state index in [2.05, 4.69) is 4.90 Å². The number of aromatic hydroxyl groups is 1. The zero-order chi connectivity index (χ0) is 25.7. The molecule has 1 aromatic heterocycles. The first-order chi connectivity index (χ1) is 17.9. The molecule has 0 radical (unpaired) electrons. The number of ether oxygens (including phenoxy) is 3. The number of aromatic nitrogens is 1. The number of pyridine rings is 1. The summed E-state index contributed by atoms with van der Waals surface area (Å²) in [5, 5.41) is 10.8. The van der Waals surface area contributed by atoms with Gasteiger partial charge in [0.25, 0.3) is 5.56 Å². The van der Waals surface area contributed by atoms with E-state index in [4.69, 9.17) is 14.2 Å². The number of fused-ring (bicyclic) bond motifs is 5. The Kier molecular flexibility index (Phi) is 5.76. The molecule has 0 unspecified atom stereocenters. The molecule has 1 N–H and O–H groups in total. The molecule has 190 valence electrons. The Hall–Kier alpha value is -4.04. The molecule has 0 saturated carbocycles. The summed E-state index contributed by atoms with van der Waals surface area (Å²) in [4.78, 5) is 27.9. The van der Waals surface area contributed by atoms with Gasteiger partial charge in [0.05, 0.1) is 25.3 Å². The van der Waals surface area contributed by atoms with E-state index in [9.17, 15) is 14.7 Å². The lowest BCUT2D eigenvalue weighted by Crippen LogP contribution is -2.46. The molecular weight excluding hydrogens is 472 g/mol. The van der Waals surface area contributed by atoms with Gasteiger partial charge in [-0.2, -0.15) is 0 Å². The molecule has 1 saturated heterocycles. The molecule has 3 aliphatic heterocycles. The van der Waals surface area contributed by atoms with Gasteiger partial charge in [0.15, 0.2) is 5.76 Å². The normalized spacial score (nSPS) is 21.4. The summed E-state index contributed by atoms with van der Waals surface area (Å²) >= 11 is 0. The molecule has 2 aromatic carbocycles. The van der Waals surface area contributed by atoms with E-state index in [1.165, 1.54) is 0 Å². The predicted octanol–water partition coefficient (Wildman–Crippen LogP) is 3.81. The van der Waals surface area contributed by atoms with Crippen LogP contribution in [0.1, 0.15) is 39.5 Å². The van der Waals surface area contributed by atoms with Crippen molar-refractivity contribution in [1.82, 2.24) is 9.47 Å². The zero-order valence-electron chi connectivity index (χ0n) is 20.8. The van der Waals surface area contributed by atoms with Crippen LogP contribution in [0.3, 0.4) is 0 Å². The topological polar surface area (TPSA) is 90.2 Å². The number of carbonyl (C=O) groups is 1. The number of benzene rings is 2. The van der Waals surface area contributed by atoms with Crippen molar-refractivity contribution in [2.24, 2.45) is 5.92 Å². The van der Waals surface area contributed by atoms with Gasteiger partial charge in [-0.15, -0.1) is 0 Å². The number of piperidine rings is 1. The Morgan fingerprint density at radius 3 is 2.73 bits per heavy atom. The standard InChI is InChI=1S/C29H28N2O6/c1-35-20-6-9-25(36-2)18(11-20)12-26-28(34)21-7-8-24(32)22(29(21)37-26)16-30-13-17-10-19(15-30)23-4-3-5-27(33)31(23)14-17/h3-9,11-12,17,19,32H,10,13-16H2,1-2H3/b26-12+/t17-,19+/m0/s1. The number of likely N-dealkylation sites (tertiary alicyclic amines) is 1. The van der Waals surface area contributed by atoms with Crippen molar-refractivity contribution in [3.05, 3.63) is 87.0 Å². The van der Waals surface area contributed by atoms with E-state index in [-0.39, 0.29) is 28.8 Å². The number of rotatable bonds is 5. The monoisotopic (exact) mass is 500 g/mol. The second kappa shape index (κ2) is 9.12. The largest absolute Gasteiger partial charge is 0.507 e. The number of phenolic OH excluding ortho intramolecular Hbond substituents is 1. The minimum Gasteiger partial charge on any atom is -0.507 e. The summed E-state index contributed by atoms with van der Waals surface area (Å²) in [6.45, 7) is 2.71. The van der Waals surface area contributed by atoms with Crippen LogP contribution in [0.15, 0.2) is 59.1 Å². The lowest BCUT2D eigenvalue weighted by atomic mass is 9.83. The average Bonchev–Trinajstić information content (AvgIpc) is 3.21. The number of hydrogen-bond donors (Lipinski definition) is 1. The maximum atomic E-state index is 13.2. The number of carbonyl (C=O) groups excluding carboxylic acids is 1. The van der Waals surface area contributed by atoms with E-state index in [0.29, 0.717) is 52.9 Å². The van der Waals surface area contributed by atoms with E-state index in [0.717, 1.165) is 25.2 Å². The molecule has 0 amide bonds. The molecule has 1 fully saturated rings. The number of ketones is 1. The third-order valence-corrected chi connectivity index (χ3v) is 7.58. The highest BCUT2D eigenvalue weighted by molar-refractivity contribution is 6.15. The number of methoxy groups -OCH3 is 2. The highest BCUT2D eigenvalue weighted by Crippen LogP contribution is 2.42. The number of phenols is 1. The molecule has 3 aliphatic rings. The molecule has 0 spiro atoms. The van der Waals surface area contributed by atoms with Crippen molar-refractivity contribution in [3.8, 4) is 23.0 Å². The van der Waals surface area contributed by atoms with Crippen LogP contribution >= 0.6 is 0 Å². The Morgan fingerprint density at radius 2 is 1.92 bits per heavy atom. The van der Waals surface area contributed by atoms with Crippen LogP contribution in [0.4, 0.5) is 0 Å². The van der Waals surface area contributed by atoms with Gasteiger partial charge in [0.1, 0.15) is 23.0 Å². The van der Waals surface area contributed by atoms with E-state index < -0.39 is 0 Å². The van der Waals surface area contributed by atoms with Gasteiger partial charge in [-0.25, -0.2) is 0 Å². The van der Waals surface area contributed by atoms with Crippen LogP contribution in [-0.4, -0.2) is 47.7 Å². The maximum Gasteiger partial charge on any atom is 0.250 e. The number of hydrogen-bond acceptors (Lipinski definition) is 7. The van der Waals surface area contributed by atoms with Crippen molar-refractivity contribution < 1.29 is 24.1 Å². The molecule has 6 rings (SSSR count). The van der Waals surface area contributed by atoms with Crippen LogP contribution in [0.2, 0.25) is 0 Å². The van der Waals surface area contributed by atoms with Gasteiger partial charge in [-0.3, -0.25) is 14.5 Å². The van der Waals surface area contributed by atoms with Gasteiger partial charge in [-0.05, 0) is 54.8 Å². The summed E-state index contributed by atoms with van der Waals surface area (Å²) in [5.74, 6) is 2.23. The smallest absolute Gasteiger partial charge is 0.250 e. The minimum atomic E-state index is -0.245. The van der Waals surface area contributed by atoms with E-state index in [1.54, 1.807) is 56.7 Å². The molecule has 4 heterocycles. The fourth-order valence-electron chi connectivity index (χ4n) is 5.89. The molecular formula is C29H28N2O6. The second-order valence-electron chi connectivity index (χ2n) is 9.88. The first-order valence-electron chi connectivity index (χ1n) is 12.4.